The predicted octanol–water partition coefficient (Wildman–Crippen LogP) is 4.59. The van der Waals surface area contributed by atoms with Gasteiger partial charge in [-0.1, -0.05) is 13.0 Å². The van der Waals surface area contributed by atoms with E-state index in [-0.39, 0.29) is 18.6 Å². The van der Waals surface area contributed by atoms with E-state index >= 15 is 0 Å². The van der Waals surface area contributed by atoms with Gasteiger partial charge in [-0.15, -0.1) is 0 Å². The Morgan fingerprint density at radius 1 is 1.22 bits per heavy atom. The number of ether oxygens (including phenoxy) is 3. The number of anilines is 1. The Bertz CT molecular complexity index is 757. The van der Waals surface area contributed by atoms with Crippen LogP contribution < -0.4 is 14.8 Å². The second-order valence-corrected chi connectivity index (χ2v) is 7.28. The molecule has 2 aromatic carbocycles. The third-order valence-electron chi connectivity index (χ3n) is 4.36. The van der Waals surface area contributed by atoms with Crippen LogP contribution in [0.1, 0.15) is 25.3 Å². The Labute approximate surface area is 168 Å². The van der Waals surface area contributed by atoms with Gasteiger partial charge in [0.2, 0.25) is 0 Å². The van der Waals surface area contributed by atoms with Crippen molar-refractivity contribution in [3.63, 3.8) is 0 Å². The molecule has 0 aromatic heterocycles. The zero-order chi connectivity index (χ0) is 19.1. The van der Waals surface area contributed by atoms with Gasteiger partial charge >= 0.3 is 0 Å². The summed E-state index contributed by atoms with van der Waals surface area (Å²) in [5, 5.41) is 2.82. The average molecular weight is 434 g/mol. The van der Waals surface area contributed by atoms with Gasteiger partial charge in [-0.3, -0.25) is 4.79 Å². The molecule has 5 nitrogen and oxygen atoms in total. The lowest BCUT2D eigenvalue weighted by Gasteiger charge is -2.12. The first-order valence-electron chi connectivity index (χ1n) is 9.19. The van der Waals surface area contributed by atoms with Crippen LogP contribution in [-0.2, 0) is 16.0 Å². The number of hydrogen-bond acceptors (Lipinski definition) is 4. The van der Waals surface area contributed by atoms with Crippen molar-refractivity contribution in [3.05, 3.63) is 52.5 Å². The van der Waals surface area contributed by atoms with Gasteiger partial charge in [0.05, 0.1) is 10.6 Å². The van der Waals surface area contributed by atoms with E-state index in [4.69, 9.17) is 14.2 Å². The van der Waals surface area contributed by atoms with Gasteiger partial charge in [0.25, 0.3) is 5.91 Å². The van der Waals surface area contributed by atoms with E-state index in [2.05, 4.69) is 28.2 Å². The fourth-order valence-electron chi connectivity index (χ4n) is 2.82. The highest BCUT2D eigenvalue weighted by molar-refractivity contribution is 9.10. The number of rotatable bonds is 8. The third kappa shape index (κ3) is 5.97. The summed E-state index contributed by atoms with van der Waals surface area (Å²) in [4.78, 5) is 12.1. The quantitative estimate of drug-likeness (QED) is 0.661. The first-order chi connectivity index (χ1) is 13.1. The lowest BCUT2D eigenvalue weighted by Crippen LogP contribution is -2.20. The Kier molecular flexibility index (Phi) is 7.12. The molecule has 1 atom stereocenters. The van der Waals surface area contributed by atoms with Crippen LogP contribution in [0.25, 0.3) is 0 Å². The number of aryl methyl sites for hydroxylation is 1. The van der Waals surface area contributed by atoms with Crippen molar-refractivity contribution in [2.45, 2.75) is 32.3 Å². The zero-order valence-electron chi connectivity index (χ0n) is 15.4. The van der Waals surface area contributed by atoms with E-state index in [9.17, 15) is 4.79 Å². The van der Waals surface area contributed by atoms with E-state index in [1.165, 1.54) is 5.56 Å². The Morgan fingerprint density at radius 2 is 2.04 bits per heavy atom. The summed E-state index contributed by atoms with van der Waals surface area (Å²) in [6.07, 6.45) is 3.28. The molecule has 0 saturated carbocycles. The largest absolute Gasteiger partial charge is 0.491 e. The van der Waals surface area contributed by atoms with E-state index in [1.807, 2.05) is 42.5 Å². The monoisotopic (exact) mass is 433 g/mol. The Hall–Kier alpha value is -2.05. The van der Waals surface area contributed by atoms with Crippen molar-refractivity contribution < 1.29 is 19.0 Å². The molecule has 1 N–H and O–H groups in total. The number of hydrogen-bond donors (Lipinski definition) is 1. The van der Waals surface area contributed by atoms with Gasteiger partial charge in [0.1, 0.15) is 18.1 Å². The summed E-state index contributed by atoms with van der Waals surface area (Å²) in [6, 6.07) is 13.2. The number of halogens is 1. The molecule has 144 valence electrons. The summed E-state index contributed by atoms with van der Waals surface area (Å²) in [5.41, 5.74) is 1.91. The molecule has 0 unspecified atom stereocenters. The molecule has 1 saturated heterocycles. The number of nitrogens with one attached hydrogen (secondary N) is 1. The van der Waals surface area contributed by atoms with Crippen molar-refractivity contribution >= 4 is 27.5 Å². The van der Waals surface area contributed by atoms with Crippen LogP contribution in [-0.4, -0.2) is 31.8 Å². The fourth-order valence-corrected chi connectivity index (χ4v) is 3.36. The zero-order valence-corrected chi connectivity index (χ0v) is 17.0. The van der Waals surface area contributed by atoms with Crippen LogP contribution in [0.3, 0.4) is 0 Å². The molecule has 1 aliphatic rings. The van der Waals surface area contributed by atoms with Gasteiger partial charge in [-0.05, 0) is 77.2 Å². The molecule has 1 aliphatic heterocycles. The lowest BCUT2D eigenvalue weighted by atomic mass is 10.2. The van der Waals surface area contributed by atoms with Crippen molar-refractivity contribution in [1.82, 2.24) is 0 Å². The molecule has 2 aromatic rings. The van der Waals surface area contributed by atoms with E-state index in [1.54, 1.807) is 0 Å². The van der Waals surface area contributed by atoms with Crippen molar-refractivity contribution in [3.8, 4) is 11.5 Å². The summed E-state index contributed by atoms with van der Waals surface area (Å²) in [7, 11) is 0. The molecule has 1 heterocycles. The van der Waals surface area contributed by atoms with Crippen molar-refractivity contribution in [2.75, 3.05) is 25.1 Å². The maximum absolute atomic E-state index is 12.1. The van der Waals surface area contributed by atoms with Crippen LogP contribution in [0.5, 0.6) is 11.5 Å². The molecular formula is C21H24BrNO4. The molecule has 0 bridgehead atoms. The standard InChI is InChI=1S/C21H24BrNO4/c1-2-15-5-10-20(19(22)12-15)27-14-21(24)23-16-6-8-17(9-7-16)26-13-18-4-3-11-25-18/h5-10,12,18H,2-4,11,13-14H2,1H3,(H,23,24)/t18-/m1/s1. The molecule has 0 spiro atoms. The van der Waals surface area contributed by atoms with Gasteiger partial charge < -0.3 is 19.5 Å². The molecule has 0 aliphatic carbocycles. The van der Waals surface area contributed by atoms with Crippen LogP contribution >= 0.6 is 15.9 Å². The molecule has 6 heteroatoms. The van der Waals surface area contributed by atoms with Gasteiger partial charge in [0, 0.05) is 12.3 Å². The van der Waals surface area contributed by atoms with Crippen LogP contribution in [0.2, 0.25) is 0 Å². The minimum atomic E-state index is -0.213. The summed E-state index contributed by atoms with van der Waals surface area (Å²) >= 11 is 3.47. The highest BCUT2D eigenvalue weighted by atomic mass is 79.9. The third-order valence-corrected chi connectivity index (χ3v) is 4.98. The number of carbonyl (C=O) groups is 1. The van der Waals surface area contributed by atoms with Crippen molar-refractivity contribution in [1.29, 1.82) is 0 Å². The highest BCUT2D eigenvalue weighted by Gasteiger charge is 2.16. The minimum absolute atomic E-state index is 0.0542. The van der Waals surface area contributed by atoms with Crippen LogP contribution in [0.4, 0.5) is 5.69 Å². The number of carbonyl (C=O) groups excluding carboxylic acids is 1. The second-order valence-electron chi connectivity index (χ2n) is 6.43. The Balaban J connectivity index is 1.44. The van der Waals surface area contributed by atoms with E-state index in [0.717, 1.165) is 36.1 Å². The van der Waals surface area contributed by atoms with Gasteiger partial charge in [0.15, 0.2) is 6.61 Å². The highest BCUT2D eigenvalue weighted by Crippen LogP contribution is 2.26. The second kappa shape index (κ2) is 9.76. The molecular weight excluding hydrogens is 410 g/mol. The van der Waals surface area contributed by atoms with E-state index in [0.29, 0.717) is 18.0 Å². The SMILES string of the molecule is CCc1ccc(OCC(=O)Nc2ccc(OC[C@H]3CCCO3)cc2)c(Br)c1. The number of amides is 1. The smallest absolute Gasteiger partial charge is 0.262 e. The normalized spacial score (nSPS) is 16.1. The summed E-state index contributed by atoms with van der Waals surface area (Å²) in [6.45, 7) is 3.42. The summed E-state index contributed by atoms with van der Waals surface area (Å²) < 4.78 is 17.7. The first kappa shape index (κ1) is 19.7. The number of benzene rings is 2. The molecule has 3 rings (SSSR count). The molecule has 1 amide bonds. The molecule has 27 heavy (non-hydrogen) atoms. The average Bonchev–Trinajstić information content (AvgIpc) is 3.20. The first-order valence-corrected chi connectivity index (χ1v) is 9.99. The lowest BCUT2D eigenvalue weighted by molar-refractivity contribution is -0.118. The molecule has 0 radical (unpaired) electrons. The van der Waals surface area contributed by atoms with Gasteiger partial charge in [-0.25, -0.2) is 0 Å². The van der Waals surface area contributed by atoms with Crippen molar-refractivity contribution in [2.24, 2.45) is 0 Å². The van der Waals surface area contributed by atoms with Crippen LogP contribution in [0, 0.1) is 0 Å². The summed E-state index contributed by atoms with van der Waals surface area (Å²) in [5.74, 6) is 1.20. The van der Waals surface area contributed by atoms with E-state index < -0.39 is 0 Å². The van der Waals surface area contributed by atoms with Gasteiger partial charge in [-0.2, -0.15) is 0 Å². The fraction of sp³-hybridized carbons (Fsp3) is 0.381. The predicted molar refractivity (Wildman–Crippen MR) is 109 cm³/mol. The maximum atomic E-state index is 12.1. The Morgan fingerprint density at radius 3 is 2.70 bits per heavy atom. The van der Waals surface area contributed by atoms with Crippen LogP contribution in [0.15, 0.2) is 46.9 Å². The minimum Gasteiger partial charge on any atom is -0.491 e. The molecule has 1 fully saturated rings. The topological polar surface area (TPSA) is 56.8 Å². The maximum Gasteiger partial charge on any atom is 0.262 e.